The summed E-state index contributed by atoms with van der Waals surface area (Å²) in [6.45, 7) is 2.41. The Morgan fingerprint density at radius 1 is 1.29 bits per heavy atom. The first kappa shape index (κ1) is 16.4. The maximum absolute atomic E-state index is 12.5. The van der Waals surface area contributed by atoms with Gasteiger partial charge in [-0.2, -0.15) is 0 Å². The Bertz CT molecular complexity index is 945. The van der Waals surface area contributed by atoms with Gasteiger partial charge >= 0.3 is 5.97 Å². The number of rotatable bonds is 5. The molecule has 3 rings (SSSR count). The molecule has 0 saturated heterocycles. The zero-order valence-electron chi connectivity index (χ0n) is 13.0. The first-order valence-corrected chi connectivity index (χ1v) is 8.24. The molecule has 0 amide bonds. The van der Waals surface area contributed by atoms with Crippen molar-refractivity contribution in [2.24, 2.45) is 0 Å². The fourth-order valence-corrected chi connectivity index (χ4v) is 2.73. The van der Waals surface area contributed by atoms with Crippen molar-refractivity contribution in [2.75, 3.05) is 6.61 Å². The van der Waals surface area contributed by atoms with Crippen LogP contribution in [0.3, 0.4) is 0 Å². The molecule has 0 unspecified atom stereocenters. The number of ether oxygens (including phenoxy) is 1. The third-order valence-electron chi connectivity index (χ3n) is 3.59. The van der Waals surface area contributed by atoms with Crippen molar-refractivity contribution >= 4 is 32.8 Å². The highest BCUT2D eigenvalue weighted by molar-refractivity contribution is 9.10. The van der Waals surface area contributed by atoms with Gasteiger partial charge in [0.15, 0.2) is 4.67 Å². The average molecular weight is 391 g/mol. The van der Waals surface area contributed by atoms with E-state index < -0.39 is 5.97 Å². The van der Waals surface area contributed by atoms with Crippen molar-refractivity contribution < 1.29 is 13.9 Å². The van der Waals surface area contributed by atoms with Gasteiger partial charge in [-0.1, -0.05) is 12.1 Å². The lowest BCUT2D eigenvalue weighted by atomic mass is 10.2. The van der Waals surface area contributed by atoms with Crippen LogP contribution in [0.2, 0.25) is 0 Å². The number of benzene rings is 1. The normalized spacial score (nSPS) is 10.9. The number of halogens is 1. The molecule has 6 nitrogen and oxygen atoms in total. The molecule has 1 aromatic carbocycles. The van der Waals surface area contributed by atoms with E-state index in [1.54, 1.807) is 23.6 Å². The fraction of sp³-hybridized carbons (Fsp3) is 0.235. The number of carbonyl (C=O) groups excluding carboxylic acids is 1. The van der Waals surface area contributed by atoms with Crippen LogP contribution in [0, 0.1) is 6.92 Å². The van der Waals surface area contributed by atoms with Crippen LogP contribution in [0.15, 0.2) is 50.3 Å². The van der Waals surface area contributed by atoms with E-state index in [2.05, 4.69) is 20.9 Å². The van der Waals surface area contributed by atoms with Crippen molar-refractivity contribution in [3.05, 3.63) is 63.0 Å². The second kappa shape index (κ2) is 7.00. The SMILES string of the molecule is Cc1nc2ccccc2c(=O)n1CCCOC(=O)c1ccc(Br)o1. The van der Waals surface area contributed by atoms with Crippen LogP contribution in [0.4, 0.5) is 0 Å². The fourth-order valence-electron chi connectivity index (χ4n) is 2.43. The lowest BCUT2D eigenvalue weighted by Gasteiger charge is -2.10. The van der Waals surface area contributed by atoms with E-state index >= 15 is 0 Å². The summed E-state index contributed by atoms with van der Waals surface area (Å²) in [5.74, 6) is 0.254. The maximum atomic E-state index is 12.5. The second-order valence-electron chi connectivity index (χ2n) is 5.23. The summed E-state index contributed by atoms with van der Waals surface area (Å²) in [6, 6.07) is 10.4. The summed E-state index contributed by atoms with van der Waals surface area (Å²) in [6.07, 6.45) is 0.508. The zero-order valence-corrected chi connectivity index (χ0v) is 14.6. The van der Waals surface area contributed by atoms with Crippen molar-refractivity contribution in [1.29, 1.82) is 0 Å². The Morgan fingerprint density at radius 3 is 2.83 bits per heavy atom. The van der Waals surface area contributed by atoms with Gasteiger partial charge < -0.3 is 9.15 Å². The van der Waals surface area contributed by atoms with Gasteiger partial charge in [-0.25, -0.2) is 9.78 Å². The number of hydrogen-bond acceptors (Lipinski definition) is 5. The molecule has 0 spiro atoms. The van der Waals surface area contributed by atoms with E-state index in [9.17, 15) is 9.59 Å². The highest BCUT2D eigenvalue weighted by atomic mass is 79.9. The molecule has 0 fully saturated rings. The molecular formula is C17H15BrN2O4. The van der Waals surface area contributed by atoms with Gasteiger partial charge in [0.25, 0.3) is 5.56 Å². The van der Waals surface area contributed by atoms with Gasteiger partial charge in [-0.3, -0.25) is 9.36 Å². The van der Waals surface area contributed by atoms with Gasteiger partial charge in [0.05, 0.1) is 17.5 Å². The summed E-state index contributed by atoms with van der Waals surface area (Å²) < 4.78 is 12.3. The number of para-hydroxylation sites is 1. The molecule has 7 heteroatoms. The molecule has 2 heterocycles. The van der Waals surface area contributed by atoms with E-state index in [1.807, 2.05) is 18.2 Å². The number of aryl methyl sites for hydroxylation is 1. The van der Waals surface area contributed by atoms with E-state index in [0.29, 0.717) is 34.4 Å². The van der Waals surface area contributed by atoms with Gasteiger partial charge in [-0.15, -0.1) is 0 Å². The minimum atomic E-state index is -0.526. The molecule has 0 N–H and O–H groups in total. The number of aromatic nitrogens is 2. The van der Waals surface area contributed by atoms with Crippen LogP contribution in [-0.4, -0.2) is 22.1 Å². The molecule has 2 aromatic heterocycles. The van der Waals surface area contributed by atoms with E-state index in [1.165, 1.54) is 6.07 Å². The average Bonchev–Trinajstić information content (AvgIpc) is 3.00. The lowest BCUT2D eigenvalue weighted by Crippen LogP contribution is -2.24. The molecule has 0 radical (unpaired) electrons. The number of fused-ring (bicyclic) bond motifs is 1. The Labute approximate surface area is 146 Å². The standard InChI is InChI=1S/C17H15BrN2O4/c1-11-19-13-6-3-2-5-12(13)16(21)20(11)9-4-10-23-17(22)14-7-8-15(18)24-14/h2-3,5-8H,4,9-10H2,1H3. The Morgan fingerprint density at radius 2 is 2.08 bits per heavy atom. The molecule has 0 bridgehead atoms. The maximum Gasteiger partial charge on any atom is 0.374 e. The smallest absolute Gasteiger partial charge is 0.374 e. The van der Waals surface area contributed by atoms with Gasteiger partial charge in [-0.05, 0) is 53.5 Å². The topological polar surface area (TPSA) is 74.3 Å². The number of nitrogens with zero attached hydrogens (tertiary/aromatic N) is 2. The lowest BCUT2D eigenvalue weighted by molar-refractivity contribution is 0.0458. The predicted molar refractivity (Wildman–Crippen MR) is 92.0 cm³/mol. The molecule has 0 atom stereocenters. The predicted octanol–water partition coefficient (Wildman–Crippen LogP) is 3.31. The molecule has 24 heavy (non-hydrogen) atoms. The van der Waals surface area contributed by atoms with E-state index in [4.69, 9.17) is 9.15 Å². The summed E-state index contributed by atoms with van der Waals surface area (Å²) in [5.41, 5.74) is 0.602. The third-order valence-corrected chi connectivity index (χ3v) is 4.01. The summed E-state index contributed by atoms with van der Waals surface area (Å²) in [7, 11) is 0. The van der Waals surface area contributed by atoms with E-state index in [-0.39, 0.29) is 17.9 Å². The largest absolute Gasteiger partial charge is 0.460 e. The molecule has 3 aromatic rings. The third kappa shape index (κ3) is 3.41. The molecule has 124 valence electrons. The minimum Gasteiger partial charge on any atom is -0.460 e. The molecule has 0 aliphatic rings. The summed E-state index contributed by atoms with van der Waals surface area (Å²) in [5, 5.41) is 0.584. The monoisotopic (exact) mass is 390 g/mol. The highest BCUT2D eigenvalue weighted by Crippen LogP contribution is 2.15. The minimum absolute atomic E-state index is 0.0839. The number of hydrogen-bond donors (Lipinski definition) is 0. The molecular weight excluding hydrogens is 376 g/mol. The summed E-state index contributed by atoms with van der Waals surface area (Å²) >= 11 is 3.13. The quantitative estimate of drug-likeness (QED) is 0.493. The van der Waals surface area contributed by atoms with Gasteiger partial charge in [0, 0.05) is 6.54 Å². The van der Waals surface area contributed by atoms with Crippen LogP contribution in [0.5, 0.6) is 0 Å². The van der Waals surface area contributed by atoms with Crippen molar-refractivity contribution in [2.45, 2.75) is 19.9 Å². The molecule has 0 aliphatic heterocycles. The Hall–Kier alpha value is -2.41. The van der Waals surface area contributed by atoms with E-state index in [0.717, 1.165) is 0 Å². The van der Waals surface area contributed by atoms with Crippen LogP contribution >= 0.6 is 15.9 Å². The van der Waals surface area contributed by atoms with Crippen molar-refractivity contribution in [3.8, 4) is 0 Å². The molecule has 0 saturated carbocycles. The van der Waals surface area contributed by atoms with Crippen LogP contribution in [0.1, 0.15) is 22.8 Å². The van der Waals surface area contributed by atoms with Crippen LogP contribution in [-0.2, 0) is 11.3 Å². The highest BCUT2D eigenvalue weighted by Gasteiger charge is 2.12. The first-order valence-electron chi connectivity index (χ1n) is 7.45. The first-order chi connectivity index (χ1) is 11.6. The number of carbonyl (C=O) groups is 1. The zero-order chi connectivity index (χ0) is 17.1. The Balaban J connectivity index is 1.64. The van der Waals surface area contributed by atoms with Crippen molar-refractivity contribution in [1.82, 2.24) is 9.55 Å². The Kier molecular flexibility index (Phi) is 4.80. The van der Waals surface area contributed by atoms with Crippen molar-refractivity contribution in [3.63, 3.8) is 0 Å². The van der Waals surface area contributed by atoms with Crippen LogP contribution < -0.4 is 5.56 Å². The summed E-state index contributed by atoms with van der Waals surface area (Å²) in [4.78, 5) is 28.7. The van der Waals surface area contributed by atoms with Crippen LogP contribution in [0.25, 0.3) is 10.9 Å². The second-order valence-corrected chi connectivity index (χ2v) is 6.01. The molecule has 0 aliphatic carbocycles. The van der Waals surface area contributed by atoms with Gasteiger partial charge in [0.1, 0.15) is 5.82 Å². The number of esters is 1. The number of furan rings is 1. The van der Waals surface area contributed by atoms with Gasteiger partial charge in [0.2, 0.25) is 5.76 Å².